The van der Waals surface area contributed by atoms with Gasteiger partial charge in [0.05, 0.1) is 5.02 Å². The molecule has 7 nitrogen and oxygen atoms in total. The number of nitrogens with zero attached hydrogens (tertiary/aromatic N) is 2. The Kier molecular flexibility index (Phi) is 7.23. The Morgan fingerprint density at radius 3 is 2.47 bits per heavy atom. The van der Waals surface area contributed by atoms with Crippen LogP contribution >= 0.6 is 23.4 Å². The second-order valence-corrected chi connectivity index (χ2v) is 8.05. The van der Waals surface area contributed by atoms with Gasteiger partial charge in [0.15, 0.2) is 5.17 Å². The first-order chi connectivity index (χ1) is 14.3. The van der Waals surface area contributed by atoms with Crippen molar-refractivity contribution in [2.45, 2.75) is 26.1 Å². The summed E-state index contributed by atoms with van der Waals surface area (Å²) in [5.74, 6) is 0.854. The largest absolute Gasteiger partial charge is 0.490 e. The molecule has 2 aromatic carbocycles. The van der Waals surface area contributed by atoms with Crippen molar-refractivity contribution in [1.29, 1.82) is 0 Å². The molecule has 0 spiro atoms. The zero-order valence-corrected chi connectivity index (χ0v) is 18.4. The Hall–Kier alpha value is -2.71. The maximum atomic E-state index is 11.9. The van der Waals surface area contributed by atoms with Crippen LogP contribution in [0.5, 0.6) is 11.5 Å². The number of para-hydroxylation sites is 1. The lowest BCUT2D eigenvalue weighted by Crippen LogP contribution is -2.25. The summed E-state index contributed by atoms with van der Waals surface area (Å²) in [6, 6.07) is 13.1. The van der Waals surface area contributed by atoms with Gasteiger partial charge in [-0.2, -0.15) is 0 Å². The number of benzene rings is 2. The van der Waals surface area contributed by atoms with Crippen molar-refractivity contribution in [2.24, 2.45) is 5.10 Å². The minimum absolute atomic E-state index is 0.238. The van der Waals surface area contributed by atoms with Crippen LogP contribution in [-0.2, 0) is 9.59 Å². The number of hydrazone groups is 1. The van der Waals surface area contributed by atoms with Crippen LogP contribution in [0.25, 0.3) is 0 Å². The third-order valence-corrected chi connectivity index (χ3v) is 5.58. The second kappa shape index (κ2) is 9.86. The summed E-state index contributed by atoms with van der Waals surface area (Å²) in [4.78, 5) is 23.2. The highest BCUT2D eigenvalue weighted by molar-refractivity contribution is 8.14. The first kappa shape index (κ1) is 22.0. The summed E-state index contributed by atoms with van der Waals surface area (Å²) in [7, 11) is 0. The number of amides is 2. The smallest absolute Gasteiger partial charge is 0.241 e. The van der Waals surface area contributed by atoms with Crippen molar-refractivity contribution in [3.8, 4) is 11.5 Å². The Morgan fingerprint density at radius 2 is 1.83 bits per heavy atom. The molecule has 158 valence electrons. The van der Waals surface area contributed by atoms with Gasteiger partial charge in [-0.25, -0.2) is 5.01 Å². The van der Waals surface area contributed by atoms with E-state index in [1.807, 2.05) is 37.3 Å². The fourth-order valence-corrected chi connectivity index (χ4v) is 4.16. The summed E-state index contributed by atoms with van der Waals surface area (Å²) in [5.41, 5.74) is 1.83. The van der Waals surface area contributed by atoms with E-state index in [4.69, 9.17) is 21.1 Å². The van der Waals surface area contributed by atoms with Crippen molar-refractivity contribution in [3.63, 3.8) is 0 Å². The Bertz CT molecular complexity index is 982. The zero-order chi connectivity index (χ0) is 21.7. The molecule has 2 amide bonds. The second-order valence-electron chi connectivity index (χ2n) is 6.57. The molecule has 0 bridgehead atoms. The van der Waals surface area contributed by atoms with E-state index < -0.39 is 5.37 Å². The van der Waals surface area contributed by atoms with Crippen molar-refractivity contribution in [2.75, 3.05) is 13.2 Å². The maximum absolute atomic E-state index is 11.9. The highest BCUT2D eigenvalue weighted by atomic mass is 35.5. The van der Waals surface area contributed by atoms with E-state index in [-0.39, 0.29) is 11.8 Å². The van der Waals surface area contributed by atoms with Gasteiger partial charge in [-0.15, -0.1) is 5.10 Å². The molecule has 0 radical (unpaired) electrons. The van der Waals surface area contributed by atoms with Crippen LogP contribution in [-0.4, -0.2) is 35.2 Å². The number of rotatable bonds is 6. The molecule has 0 aromatic heterocycles. The highest BCUT2D eigenvalue weighted by Crippen LogP contribution is 2.40. The quantitative estimate of drug-likeness (QED) is 0.674. The number of amidine groups is 1. The van der Waals surface area contributed by atoms with E-state index in [9.17, 15) is 9.59 Å². The maximum Gasteiger partial charge on any atom is 0.241 e. The summed E-state index contributed by atoms with van der Waals surface area (Å²) in [6.45, 7) is 5.51. The van der Waals surface area contributed by atoms with Crippen molar-refractivity contribution < 1.29 is 19.1 Å². The summed E-state index contributed by atoms with van der Waals surface area (Å²) in [6.07, 6.45) is 0. The van der Waals surface area contributed by atoms with Crippen molar-refractivity contribution >= 4 is 40.3 Å². The number of thioether (sulfide) groups is 1. The van der Waals surface area contributed by atoms with Crippen molar-refractivity contribution in [3.05, 3.63) is 58.6 Å². The van der Waals surface area contributed by atoms with E-state index in [1.54, 1.807) is 12.1 Å². The lowest BCUT2D eigenvalue weighted by Gasteiger charge is -2.20. The molecule has 0 fully saturated rings. The lowest BCUT2D eigenvalue weighted by molar-refractivity contribution is -0.129. The number of nitrogens with one attached hydrogen (secondary N) is 1. The third-order valence-electron chi connectivity index (χ3n) is 4.18. The molecule has 1 aliphatic heterocycles. The number of halogens is 1. The van der Waals surface area contributed by atoms with Crippen LogP contribution in [0.4, 0.5) is 0 Å². The molecule has 0 saturated heterocycles. The first-order valence-corrected chi connectivity index (χ1v) is 10.5. The minimum atomic E-state index is -0.416. The van der Waals surface area contributed by atoms with Gasteiger partial charge in [0, 0.05) is 13.8 Å². The number of carbonyl (C=O) groups is 2. The molecular weight excluding hydrogens is 426 g/mol. The predicted molar refractivity (Wildman–Crippen MR) is 118 cm³/mol. The number of hydrogen-bond donors (Lipinski definition) is 1. The molecule has 1 N–H and O–H groups in total. The Balaban J connectivity index is 1.61. The van der Waals surface area contributed by atoms with E-state index in [0.717, 1.165) is 16.9 Å². The average molecular weight is 448 g/mol. The standard InChI is InChI=1S/C21H22ClN3O4S/c1-13-6-4-5-7-18(13)28-10-11-29-19-9-8-16(12-17(19)22)20-25(15(3)27)24-21(30-20)23-14(2)26/h4-9,12,20H,10-11H2,1-3H3,(H,23,24,26). The SMILES string of the molecule is CC(=O)NC1=NN(C(C)=O)C(c2ccc(OCCOc3ccccc3C)c(Cl)c2)S1. The molecule has 3 rings (SSSR count). The van der Waals surface area contributed by atoms with Gasteiger partial charge in [-0.05, 0) is 36.2 Å². The fraction of sp³-hybridized carbons (Fsp3) is 0.286. The molecular formula is C21H22ClN3O4S. The molecule has 9 heteroatoms. The first-order valence-electron chi connectivity index (χ1n) is 9.28. The van der Waals surface area contributed by atoms with Crippen LogP contribution in [0.3, 0.4) is 0 Å². The molecule has 0 aliphatic carbocycles. The van der Waals surface area contributed by atoms with E-state index in [1.165, 1.54) is 30.6 Å². The van der Waals surface area contributed by atoms with Gasteiger partial charge in [0.1, 0.15) is 30.1 Å². The van der Waals surface area contributed by atoms with Crippen LogP contribution < -0.4 is 14.8 Å². The third kappa shape index (κ3) is 5.46. The van der Waals surface area contributed by atoms with Crippen LogP contribution in [0.15, 0.2) is 47.6 Å². The average Bonchev–Trinajstić information content (AvgIpc) is 3.11. The summed E-state index contributed by atoms with van der Waals surface area (Å²) < 4.78 is 11.5. The highest BCUT2D eigenvalue weighted by Gasteiger charge is 2.32. The van der Waals surface area contributed by atoms with E-state index in [0.29, 0.717) is 29.2 Å². The fourth-order valence-electron chi connectivity index (χ4n) is 2.79. The number of hydrogen-bond acceptors (Lipinski definition) is 6. The van der Waals surface area contributed by atoms with E-state index in [2.05, 4.69) is 10.4 Å². The lowest BCUT2D eigenvalue weighted by atomic mass is 10.2. The Labute approximate surface area is 184 Å². The van der Waals surface area contributed by atoms with Gasteiger partial charge >= 0.3 is 0 Å². The monoisotopic (exact) mass is 447 g/mol. The summed E-state index contributed by atoms with van der Waals surface area (Å²) >= 11 is 7.66. The van der Waals surface area contributed by atoms with Gasteiger partial charge < -0.3 is 14.8 Å². The normalized spacial score (nSPS) is 15.5. The van der Waals surface area contributed by atoms with Crippen LogP contribution in [0.1, 0.15) is 30.3 Å². The summed E-state index contributed by atoms with van der Waals surface area (Å²) in [5, 5.41) is 8.47. The molecule has 1 heterocycles. The van der Waals surface area contributed by atoms with Gasteiger partial charge in [0.25, 0.3) is 0 Å². The van der Waals surface area contributed by atoms with Gasteiger partial charge in [0.2, 0.25) is 11.8 Å². The van der Waals surface area contributed by atoms with Gasteiger partial charge in [-0.3, -0.25) is 9.59 Å². The number of ether oxygens (including phenoxy) is 2. The number of aryl methyl sites for hydroxylation is 1. The Morgan fingerprint density at radius 1 is 1.13 bits per heavy atom. The van der Waals surface area contributed by atoms with Crippen LogP contribution in [0.2, 0.25) is 5.02 Å². The number of carbonyl (C=O) groups excluding carboxylic acids is 2. The van der Waals surface area contributed by atoms with E-state index >= 15 is 0 Å². The molecule has 1 unspecified atom stereocenters. The minimum Gasteiger partial charge on any atom is -0.490 e. The van der Waals surface area contributed by atoms with Crippen molar-refractivity contribution in [1.82, 2.24) is 10.3 Å². The molecule has 0 saturated carbocycles. The zero-order valence-electron chi connectivity index (χ0n) is 16.8. The molecule has 30 heavy (non-hydrogen) atoms. The van der Waals surface area contributed by atoms with Gasteiger partial charge in [-0.1, -0.05) is 47.6 Å². The molecule has 1 aliphatic rings. The molecule has 1 atom stereocenters. The predicted octanol–water partition coefficient (Wildman–Crippen LogP) is 4.11. The topological polar surface area (TPSA) is 80.2 Å². The van der Waals surface area contributed by atoms with Crippen LogP contribution in [0, 0.1) is 6.92 Å². The molecule has 2 aromatic rings.